The van der Waals surface area contributed by atoms with Gasteiger partial charge in [-0.3, -0.25) is 4.79 Å². The molecule has 0 spiro atoms. The highest BCUT2D eigenvalue weighted by atomic mass is 35.5. The molecule has 3 rings (SSSR count). The molecule has 2 aromatic carbocycles. The first-order valence-corrected chi connectivity index (χ1v) is 10.3. The molecule has 0 radical (unpaired) electrons. The van der Waals surface area contributed by atoms with Crippen LogP contribution in [0.5, 0.6) is 0 Å². The Hall–Kier alpha value is -2.28. The van der Waals surface area contributed by atoms with Crippen LogP contribution in [0.15, 0.2) is 66.3 Å². The molecule has 0 saturated carbocycles. The van der Waals surface area contributed by atoms with Crippen molar-refractivity contribution in [3.05, 3.63) is 82.6 Å². The molecule has 0 saturated heterocycles. The Bertz CT molecular complexity index is 976. The van der Waals surface area contributed by atoms with Gasteiger partial charge in [0.05, 0.1) is 16.5 Å². The van der Waals surface area contributed by atoms with Crippen molar-refractivity contribution in [1.29, 1.82) is 0 Å². The second-order valence-corrected chi connectivity index (χ2v) is 7.71. The summed E-state index contributed by atoms with van der Waals surface area (Å²) in [5.41, 5.74) is 1.63. The molecule has 0 aliphatic heterocycles. The molecule has 0 unspecified atom stereocenters. The van der Waals surface area contributed by atoms with Gasteiger partial charge in [0.1, 0.15) is 5.82 Å². The molecule has 1 N–H and O–H groups in total. The van der Waals surface area contributed by atoms with Gasteiger partial charge in [0.15, 0.2) is 5.16 Å². The highest BCUT2D eigenvalue weighted by Gasteiger charge is 2.14. The summed E-state index contributed by atoms with van der Waals surface area (Å²) in [5, 5.41) is 12.9. The van der Waals surface area contributed by atoms with Gasteiger partial charge in [-0.25, -0.2) is 0 Å². The summed E-state index contributed by atoms with van der Waals surface area (Å²) in [6.45, 7) is 4.37. The van der Waals surface area contributed by atoms with Gasteiger partial charge in [-0.1, -0.05) is 71.4 Å². The van der Waals surface area contributed by atoms with Crippen molar-refractivity contribution >= 4 is 46.6 Å². The zero-order chi connectivity index (χ0) is 19.9. The van der Waals surface area contributed by atoms with Crippen molar-refractivity contribution in [2.75, 3.05) is 11.1 Å². The van der Waals surface area contributed by atoms with E-state index in [1.165, 1.54) is 11.8 Å². The molecule has 3 aromatic rings. The smallest absolute Gasteiger partial charge is 0.234 e. The first kappa shape index (κ1) is 20.5. The number of hydrogen-bond acceptors (Lipinski definition) is 4. The van der Waals surface area contributed by atoms with Crippen molar-refractivity contribution < 1.29 is 4.79 Å². The van der Waals surface area contributed by atoms with Crippen LogP contribution in [0.25, 0.3) is 0 Å². The minimum atomic E-state index is -0.202. The van der Waals surface area contributed by atoms with Crippen molar-refractivity contribution in [2.24, 2.45) is 0 Å². The standard InChI is InChI=1S/C20H18Cl2N4OS/c1-2-10-26-18(11-14-6-4-3-5-7-14)24-25-20(26)28-13-19(27)23-17-12-15(21)8-9-16(17)22/h2-9,12H,1,10-11,13H2,(H,23,27). The van der Waals surface area contributed by atoms with Gasteiger partial charge in [0, 0.05) is 18.0 Å². The summed E-state index contributed by atoms with van der Waals surface area (Å²) in [6.07, 6.45) is 2.44. The predicted molar refractivity (Wildman–Crippen MR) is 115 cm³/mol. The number of thioether (sulfide) groups is 1. The number of halogens is 2. The number of aromatic nitrogens is 3. The summed E-state index contributed by atoms with van der Waals surface area (Å²) in [7, 11) is 0. The fraction of sp³-hybridized carbons (Fsp3) is 0.150. The molecule has 28 heavy (non-hydrogen) atoms. The predicted octanol–water partition coefficient (Wildman–Crippen LogP) is 5.09. The molecule has 144 valence electrons. The van der Waals surface area contributed by atoms with E-state index in [0.717, 1.165) is 11.4 Å². The molecule has 5 nitrogen and oxygen atoms in total. The third-order valence-electron chi connectivity index (χ3n) is 3.85. The van der Waals surface area contributed by atoms with Gasteiger partial charge in [-0.05, 0) is 23.8 Å². The first-order valence-electron chi connectivity index (χ1n) is 8.51. The summed E-state index contributed by atoms with van der Waals surface area (Å²) in [4.78, 5) is 12.3. The van der Waals surface area contributed by atoms with Gasteiger partial charge in [0.25, 0.3) is 0 Å². The summed E-state index contributed by atoms with van der Waals surface area (Å²) in [5.74, 6) is 0.794. The largest absolute Gasteiger partial charge is 0.324 e. The van der Waals surface area contributed by atoms with E-state index in [9.17, 15) is 4.79 Å². The topological polar surface area (TPSA) is 59.8 Å². The van der Waals surface area contributed by atoms with E-state index >= 15 is 0 Å². The number of carbonyl (C=O) groups is 1. The van der Waals surface area contributed by atoms with Gasteiger partial charge < -0.3 is 9.88 Å². The van der Waals surface area contributed by atoms with E-state index in [2.05, 4.69) is 22.1 Å². The Balaban J connectivity index is 1.67. The average molecular weight is 433 g/mol. The number of allylic oxidation sites excluding steroid dienone is 1. The third kappa shape index (κ3) is 5.38. The van der Waals surface area contributed by atoms with E-state index in [1.807, 2.05) is 34.9 Å². The van der Waals surface area contributed by atoms with Crippen LogP contribution in [-0.4, -0.2) is 26.4 Å². The summed E-state index contributed by atoms with van der Waals surface area (Å²) < 4.78 is 1.96. The fourth-order valence-corrected chi connectivity index (χ4v) is 3.66. The fourth-order valence-electron chi connectivity index (χ4n) is 2.56. The lowest BCUT2D eigenvalue weighted by Gasteiger charge is -2.09. The van der Waals surface area contributed by atoms with Crippen molar-refractivity contribution in [2.45, 2.75) is 18.1 Å². The van der Waals surface area contributed by atoms with Crippen LogP contribution in [0.1, 0.15) is 11.4 Å². The number of rotatable bonds is 8. The van der Waals surface area contributed by atoms with Crippen LogP contribution >= 0.6 is 35.0 Å². The molecular formula is C20H18Cl2N4OS. The van der Waals surface area contributed by atoms with Crippen LogP contribution in [0.4, 0.5) is 5.69 Å². The molecule has 1 amide bonds. The zero-order valence-electron chi connectivity index (χ0n) is 14.9. The maximum Gasteiger partial charge on any atom is 0.234 e. The molecule has 0 atom stereocenters. The Morgan fingerprint density at radius 3 is 2.71 bits per heavy atom. The summed E-state index contributed by atoms with van der Waals surface area (Å²) >= 11 is 13.3. The number of benzene rings is 2. The molecule has 0 aliphatic carbocycles. The normalized spacial score (nSPS) is 10.6. The highest BCUT2D eigenvalue weighted by molar-refractivity contribution is 7.99. The minimum Gasteiger partial charge on any atom is -0.324 e. The van der Waals surface area contributed by atoms with Crippen LogP contribution < -0.4 is 5.32 Å². The summed E-state index contributed by atoms with van der Waals surface area (Å²) in [6, 6.07) is 15.0. The van der Waals surface area contributed by atoms with Crippen molar-refractivity contribution in [1.82, 2.24) is 14.8 Å². The Morgan fingerprint density at radius 1 is 1.18 bits per heavy atom. The minimum absolute atomic E-state index is 0.170. The second-order valence-electron chi connectivity index (χ2n) is 5.92. The lowest BCUT2D eigenvalue weighted by atomic mass is 10.1. The quantitative estimate of drug-likeness (QED) is 0.397. The van der Waals surface area contributed by atoms with Crippen molar-refractivity contribution in [3.63, 3.8) is 0 Å². The molecule has 0 bridgehead atoms. The molecule has 1 heterocycles. The second kappa shape index (κ2) is 9.78. The number of hydrogen-bond donors (Lipinski definition) is 1. The monoisotopic (exact) mass is 432 g/mol. The number of nitrogens with zero attached hydrogens (tertiary/aromatic N) is 3. The van der Waals surface area contributed by atoms with Gasteiger partial charge >= 0.3 is 0 Å². The van der Waals surface area contributed by atoms with Gasteiger partial charge in [-0.15, -0.1) is 16.8 Å². The van der Waals surface area contributed by atoms with Crippen LogP contribution in [-0.2, 0) is 17.8 Å². The Kier molecular flexibility index (Phi) is 7.14. The Morgan fingerprint density at radius 2 is 1.96 bits per heavy atom. The first-order chi connectivity index (χ1) is 13.6. The SMILES string of the molecule is C=CCn1c(Cc2ccccc2)nnc1SCC(=O)Nc1cc(Cl)ccc1Cl. The van der Waals surface area contributed by atoms with Gasteiger partial charge in [-0.2, -0.15) is 0 Å². The third-order valence-corrected chi connectivity index (χ3v) is 5.38. The lowest BCUT2D eigenvalue weighted by molar-refractivity contribution is -0.113. The van der Waals surface area contributed by atoms with E-state index in [0.29, 0.717) is 33.9 Å². The van der Waals surface area contributed by atoms with E-state index in [1.54, 1.807) is 24.3 Å². The van der Waals surface area contributed by atoms with Crippen LogP contribution in [0.3, 0.4) is 0 Å². The van der Waals surface area contributed by atoms with E-state index in [4.69, 9.17) is 23.2 Å². The maximum atomic E-state index is 12.3. The van der Waals surface area contributed by atoms with E-state index < -0.39 is 0 Å². The van der Waals surface area contributed by atoms with Gasteiger partial charge in [0.2, 0.25) is 5.91 Å². The molecular weight excluding hydrogens is 415 g/mol. The molecule has 8 heteroatoms. The Labute approximate surface area is 177 Å². The molecule has 0 aliphatic rings. The number of carbonyl (C=O) groups excluding carboxylic acids is 1. The molecule has 0 fully saturated rings. The number of amides is 1. The maximum absolute atomic E-state index is 12.3. The molecule has 1 aromatic heterocycles. The van der Waals surface area contributed by atoms with Crippen LogP contribution in [0.2, 0.25) is 10.0 Å². The number of anilines is 1. The lowest BCUT2D eigenvalue weighted by Crippen LogP contribution is -2.15. The van der Waals surface area contributed by atoms with Crippen molar-refractivity contribution in [3.8, 4) is 0 Å². The van der Waals surface area contributed by atoms with E-state index in [-0.39, 0.29) is 11.7 Å². The van der Waals surface area contributed by atoms with Crippen LogP contribution in [0, 0.1) is 0 Å². The highest BCUT2D eigenvalue weighted by Crippen LogP contribution is 2.26. The number of nitrogens with one attached hydrogen (secondary N) is 1. The zero-order valence-corrected chi connectivity index (χ0v) is 17.3. The average Bonchev–Trinajstić information content (AvgIpc) is 3.06.